The van der Waals surface area contributed by atoms with Crippen LogP contribution < -0.4 is 5.32 Å². The van der Waals surface area contributed by atoms with Gasteiger partial charge in [-0.1, -0.05) is 6.92 Å². The van der Waals surface area contributed by atoms with Gasteiger partial charge >= 0.3 is 0 Å². The zero-order chi connectivity index (χ0) is 12.7. The molecule has 0 saturated heterocycles. The third kappa shape index (κ3) is 6.36. The maximum absolute atomic E-state index is 10.00. The smallest absolute Gasteiger partial charge is 0.0791 e. The summed E-state index contributed by atoms with van der Waals surface area (Å²) in [6, 6.07) is 1.17. The highest BCUT2D eigenvalue weighted by Gasteiger charge is 2.22. The zero-order valence-electron chi connectivity index (χ0n) is 11.5. The molecule has 2 N–H and O–H groups in total. The molecule has 0 aromatic heterocycles. The van der Waals surface area contributed by atoms with Gasteiger partial charge in [0.2, 0.25) is 0 Å². The summed E-state index contributed by atoms with van der Waals surface area (Å²) in [4.78, 5) is 2.31. The largest absolute Gasteiger partial charge is 0.390 e. The van der Waals surface area contributed by atoms with Crippen molar-refractivity contribution in [3.05, 3.63) is 0 Å². The first-order valence-corrected chi connectivity index (χ1v) is 6.81. The van der Waals surface area contributed by atoms with Gasteiger partial charge in [0, 0.05) is 38.8 Å². The van der Waals surface area contributed by atoms with Crippen LogP contribution in [0.3, 0.4) is 0 Å². The lowest BCUT2D eigenvalue weighted by molar-refractivity contribution is 0.0667. The Morgan fingerprint density at radius 2 is 2.18 bits per heavy atom. The third-order valence-corrected chi connectivity index (χ3v) is 3.46. The van der Waals surface area contributed by atoms with Crippen molar-refractivity contribution in [1.29, 1.82) is 0 Å². The molecule has 4 heteroatoms. The summed E-state index contributed by atoms with van der Waals surface area (Å²) in [7, 11) is 1.72. The Morgan fingerprint density at radius 3 is 2.71 bits per heavy atom. The van der Waals surface area contributed by atoms with Crippen LogP contribution in [-0.4, -0.2) is 61.5 Å². The number of rotatable bonds is 10. The number of ether oxygens (including phenoxy) is 1. The molecule has 102 valence electrons. The normalized spacial score (nSPS) is 19.6. The maximum atomic E-state index is 10.00. The van der Waals surface area contributed by atoms with Crippen molar-refractivity contribution in [3.63, 3.8) is 0 Å². The highest BCUT2D eigenvalue weighted by molar-refractivity contribution is 4.82. The molecule has 1 aliphatic carbocycles. The number of aliphatic hydroxyl groups excluding tert-OH is 1. The van der Waals surface area contributed by atoms with Crippen LogP contribution in [-0.2, 0) is 4.74 Å². The van der Waals surface area contributed by atoms with E-state index in [2.05, 4.69) is 24.1 Å². The van der Waals surface area contributed by atoms with Gasteiger partial charge in [-0.05, 0) is 26.2 Å². The van der Waals surface area contributed by atoms with Gasteiger partial charge in [0.05, 0.1) is 12.7 Å². The summed E-state index contributed by atoms with van der Waals surface area (Å²) in [5, 5.41) is 13.4. The molecule has 1 aliphatic rings. The van der Waals surface area contributed by atoms with Crippen molar-refractivity contribution in [2.45, 2.75) is 51.3 Å². The molecule has 1 rings (SSSR count). The molecule has 0 heterocycles. The number of hydrogen-bond donors (Lipinski definition) is 2. The van der Waals surface area contributed by atoms with Gasteiger partial charge in [-0.15, -0.1) is 0 Å². The first-order valence-electron chi connectivity index (χ1n) is 6.81. The topological polar surface area (TPSA) is 44.7 Å². The minimum absolute atomic E-state index is 0.276. The Bertz CT molecular complexity index is 198. The molecule has 0 spiro atoms. The van der Waals surface area contributed by atoms with Gasteiger partial charge in [0.25, 0.3) is 0 Å². The molecule has 0 aromatic carbocycles. The lowest BCUT2D eigenvalue weighted by atomic mass is 10.2. The average Bonchev–Trinajstić information content (AvgIpc) is 3.14. The Kier molecular flexibility index (Phi) is 7.04. The molecule has 0 aliphatic heterocycles. The molecule has 1 fully saturated rings. The second-order valence-corrected chi connectivity index (χ2v) is 5.08. The predicted octanol–water partition coefficient (Wildman–Crippen LogP) is 0.846. The Labute approximate surface area is 105 Å². The minimum atomic E-state index is -0.276. The van der Waals surface area contributed by atoms with E-state index in [-0.39, 0.29) is 6.10 Å². The Morgan fingerprint density at radius 1 is 1.47 bits per heavy atom. The zero-order valence-corrected chi connectivity index (χ0v) is 11.5. The van der Waals surface area contributed by atoms with Crippen LogP contribution >= 0.6 is 0 Å². The highest BCUT2D eigenvalue weighted by Crippen LogP contribution is 2.18. The van der Waals surface area contributed by atoms with E-state index in [0.717, 1.165) is 26.1 Å². The lowest BCUT2D eigenvalue weighted by Crippen LogP contribution is -2.44. The van der Waals surface area contributed by atoms with Crippen molar-refractivity contribution >= 4 is 0 Å². The van der Waals surface area contributed by atoms with Gasteiger partial charge < -0.3 is 15.2 Å². The van der Waals surface area contributed by atoms with Crippen molar-refractivity contribution in [1.82, 2.24) is 10.2 Å². The van der Waals surface area contributed by atoms with Gasteiger partial charge in [0.15, 0.2) is 0 Å². The number of hydrogen-bond acceptors (Lipinski definition) is 4. The van der Waals surface area contributed by atoms with Crippen LogP contribution in [0.2, 0.25) is 0 Å². The average molecular weight is 244 g/mol. The molecule has 2 atom stereocenters. The second-order valence-electron chi connectivity index (χ2n) is 5.08. The summed E-state index contributed by atoms with van der Waals surface area (Å²) < 4.78 is 5.12. The van der Waals surface area contributed by atoms with Crippen molar-refractivity contribution in [3.8, 4) is 0 Å². The fourth-order valence-electron chi connectivity index (χ4n) is 1.88. The number of nitrogens with one attached hydrogen (secondary N) is 1. The summed E-state index contributed by atoms with van der Waals surface area (Å²) in [5.41, 5.74) is 0. The van der Waals surface area contributed by atoms with Crippen molar-refractivity contribution in [2.75, 3.05) is 33.4 Å². The van der Waals surface area contributed by atoms with Crippen LogP contribution in [0.4, 0.5) is 0 Å². The van der Waals surface area contributed by atoms with E-state index in [0.29, 0.717) is 18.6 Å². The number of methoxy groups -OCH3 is 1. The van der Waals surface area contributed by atoms with Crippen molar-refractivity contribution in [2.24, 2.45) is 0 Å². The highest BCUT2D eigenvalue weighted by atomic mass is 16.5. The van der Waals surface area contributed by atoms with E-state index in [4.69, 9.17) is 4.74 Å². The molecule has 2 unspecified atom stereocenters. The molecule has 17 heavy (non-hydrogen) atoms. The molecular weight excluding hydrogens is 216 g/mol. The standard InChI is InChI=1S/C13H28N2O2/c1-4-11(2)15(7-8-17-3)10-13(16)9-14-12-5-6-12/h11-14,16H,4-10H2,1-3H3. The molecule has 0 bridgehead atoms. The monoisotopic (exact) mass is 244 g/mol. The third-order valence-electron chi connectivity index (χ3n) is 3.46. The quantitative estimate of drug-likeness (QED) is 0.598. The minimum Gasteiger partial charge on any atom is -0.390 e. The summed E-state index contributed by atoms with van der Waals surface area (Å²) in [6.45, 7) is 7.46. The Hall–Kier alpha value is -0.160. The first kappa shape index (κ1) is 14.9. The first-order chi connectivity index (χ1) is 8.17. The maximum Gasteiger partial charge on any atom is 0.0791 e. The molecule has 0 amide bonds. The van der Waals surface area contributed by atoms with Crippen LogP contribution in [0.5, 0.6) is 0 Å². The van der Waals surface area contributed by atoms with Crippen LogP contribution in [0.1, 0.15) is 33.1 Å². The van der Waals surface area contributed by atoms with E-state index in [9.17, 15) is 5.11 Å². The van der Waals surface area contributed by atoms with Crippen LogP contribution in [0.25, 0.3) is 0 Å². The van der Waals surface area contributed by atoms with Gasteiger partial charge in [-0.25, -0.2) is 0 Å². The number of nitrogens with zero attached hydrogens (tertiary/aromatic N) is 1. The second kappa shape index (κ2) is 8.03. The van der Waals surface area contributed by atoms with Gasteiger partial charge in [-0.2, -0.15) is 0 Å². The van der Waals surface area contributed by atoms with E-state index in [1.807, 2.05) is 0 Å². The predicted molar refractivity (Wildman–Crippen MR) is 70.2 cm³/mol. The molecule has 1 saturated carbocycles. The lowest BCUT2D eigenvalue weighted by Gasteiger charge is -2.30. The molecule has 0 aromatic rings. The van der Waals surface area contributed by atoms with E-state index >= 15 is 0 Å². The summed E-state index contributed by atoms with van der Waals surface area (Å²) >= 11 is 0. The fraction of sp³-hybridized carbons (Fsp3) is 1.00. The fourth-order valence-corrected chi connectivity index (χ4v) is 1.88. The van der Waals surface area contributed by atoms with Gasteiger partial charge in [-0.3, -0.25) is 4.90 Å². The van der Waals surface area contributed by atoms with E-state index in [1.54, 1.807) is 7.11 Å². The SMILES string of the molecule is CCC(C)N(CCOC)CC(O)CNC1CC1. The van der Waals surface area contributed by atoms with Crippen LogP contribution in [0, 0.1) is 0 Å². The Balaban J connectivity index is 2.23. The molecule has 4 nitrogen and oxygen atoms in total. The number of aliphatic hydroxyl groups is 1. The van der Waals surface area contributed by atoms with E-state index in [1.165, 1.54) is 12.8 Å². The summed E-state index contributed by atoms with van der Waals surface area (Å²) in [6.07, 6.45) is 3.37. The van der Waals surface area contributed by atoms with Crippen molar-refractivity contribution < 1.29 is 9.84 Å². The molecule has 0 radical (unpaired) electrons. The van der Waals surface area contributed by atoms with E-state index < -0.39 is 0 Å². The van der Waals surface area contributed by atoms with Gasteiger partial charge in [0.1, 0.15) is 0 Å². The van der Waals surface area contributed by atoms with Crippen LogP contribution in [0.15, 0.2) is 0 Å². The molecular formula is C13H28N2O2. The summed E-state index contributed by atoms with van der Waals surface area (Å²) in [5.74, 6) is 0.